The molecule has 0 radical (unpaired) electrons. The molecule has 3 aromatic heterocycles. The topological polar surface area (TPSA) is 143 Å². The highest BCUT2D eigenvalue weighted by Gasteiger charge is 2.40. The molecule has 3 aromatic rings. The lowest BCUT2D eigenvalue weighted by Crippen LogP contribution is -2.43. The summed E-state index contributed by atoms with van der Waals surface area (Å²) < 4.78 is 32.9. The molecule has 4 heterocycles. The average Bonchev–Trinajstić information content (AvgIpc) is 3.15. The number of carbonyl (C=O) groups excluding carboxylic acids is 2. The summed E-state index contributed by atoms with van der Waals surface area (Å²) in [5, 5.41) is 2.53. The molecule has 37 heavy (non-hydrogen) atoms. The predicted molar refractivity (Wildman–Crippen MR) is 137 cm³/mol. The Kier molecular flexibility index (Phi) is 7.12. The molecule has 1 fully saturated rings. The summed E-state index contributed by atoms with van der Waals surface area (Å²) in [6.45, 7) is 7.01. The maximum atomic E-state index is 13.1. The maximum absolute atomic E-state index is 13.1. The van der Waals surface area contributed by atoms with Crippen LogP contribution >= 0.6 is 0 Å². The zero-order valence-corrected chi connectivity index (χ0v) is 21.7. The summed E-state index contributed by atoms with van der Waals surface area (Å²) in [5.74, 6) is 0.0122. The van der Waals surface area contributed by atoms with Gasteiger partial charge in [0.25, 0.3) is 15.9 Å². The van der Waals surface area contributed by atoms with Crippen LogP contribution in [0.3, 0.4) is 0 Å². The summed E-state index contributed by atoms with van der Waals surface area (Å²) >= 11 is 0. The van der Waals surface area contributed by atoms with Crippen LogP contribution in [-0.2, 0) is 14.8 Å². The van der Waals surface area contributed by atoms with Crippen LogP contribution in [0.4, 0.5) is 17.5 Å². The van der Waals surface area contributed by atoms with Gasteiger partial charge in [0.1, 0.15) is 17.5 Å². The summed E-state index contributed by atoms with van der Waals surface area (Å²) in [6, 6.07) is 10.5. The molecular formula is C25H28N6O5S. The molecule has 194 valence electrons. The smallest absolute Gasteiger partial charge is 0.339 e. The first-order chi connectivity index (χ1) is 17.5. The highest BCUT2D eigenvalue weighted by atomic mass is 32.2. The quantitative estimate of drug-likeness (QED) is 0.442. The van der Waals surface area contributed by atoms with Gasteiger partial charge < -0.3 is 15.0 Å². The summed E-state index contributed by atoms with van der Waals surface area (Å²) in [7, 11) is -3.03. The largest absolute Gasteiger partial charge is 0.465 e. The number of sulfonamides is 1. The average molecular weight is 525 g/mol. The molecule has 0 bridgehead atoms. The minimum absolute atomic E-state index is 0.164. The van der Waals surface area contributed by atoms with Gasteiger partial charge in [-0.25, -0.2) is 24.5 Å². The Morgan fingerprint density at radius 1 is 1.08 bits per heavy atom. The van der Waals surface area contributed by atoms with Crippen LogP contribution in [0.5, 0.6) is 0 Å². The lowest BCUT2D eigenvalue weighted by molar-refractivity contribution is 0.0600. The van der Waals surface area contributed by atoms with E-state index in [4.69, 9.17) is 0 Å². The number of hydrogen-bond donors (Lipinski definition) is 2. The number of carbonyl (C=O) groups is 2. The molecule has 1 unspecified atom stereocenters. The number of ether oxygens (including phenoxy) is 1. The van der Waals surface area contributed by atoms with Crippen molar-refractivity contribution in [2.45, 2.75) is 37.8 Å². The van der Waals surface area contributed by atoms with E-state index in [0.717, 1.165) is 6.42 Å². The number of pyridine rings is 3. The van der Waals surface area contributed by atoms with Crippen LogP contribution in [0.25, 0.3) is 0 Å². The molecule has 1 atom stereocenters. The normalized spacial score (nSPS) is 16.8. The molecule has 1 saturated heterocycles. The van der Waals surface area contributed by atoms with Crippen molar-refractivity contribution in [1.82, 2.24) is 19.7 Å². The van der Waals surface area contributed by atoms with Gasteiger partial charge in [0.2, 0.25) is 0 Å². The van der Waals surface area contributed by atoms with E-state index < -0.39 is 21.9 Å². The van der Waals surface area contributed by atoms with Gasteiger partial charge >= 0.3 is 5.97 Å². The molecule has 0 aliphatic carbocycles. The second kappa shape index (κ2) is 10.1. The minimum Gasteiger partial charge on any atom is -0.465 e. The number of nitrogens with zero attached hydrogens (tertiary/aromatic N) is 4. The van der Waals surface area contributed by atoms with Gasteiger partial charge in [-0.15, -0.1) is 0 Å². The number of anilines is 3. The van der Waals surface area contributed by atoms with Crippen molar-refractivity contribution < 1.29 is 22.7 Å². The fraction of sp³-hybridized carbons (Fsp3) is 0.320. The number of hydrogen-bond acceptors (Lipinski definition) is 10. The lowest BCUT2D eigenvalue weighted by Gasteiger charge is -2.36. The van der Waals surface area contributed by atoms with Crippen LogP contribution in [0.2, 0.25) is 0 Å². The Balaban J connectivity index is 1.53. The Labute approximate surface area is 215 Å². The number of esters is 1. The zero-order valence-electron chi connectivity index (χ0n) is 20.9. The number of aromatic nitrogens is 3. The first kappa shape index (κ1) is 26.0. The third kappa shape index (κ3) is 5.38. The van der Waals surface area contributed by atoms with E-state index >= 15 is 0 Å². The van der Waals surface area contributed by atoms with Gasteiger partial charge in [0.05, 0.1) is 18.2 Å². The molecule has 1 aliphatic heterocycles. The van der Waals surface area contributed by atoms with Crippen LogP contribution in [0.15, 0.2) is 59.9 Å². The molecule has 1 aliphatic rings. The van der Waals surface area contributed by atoms with Crippen molar-refractivity contribution in [3.05, 3.63) is 66.0 Å². The van der Waals surface area contributed by atoms with Crippen molar-refractivity contribution in [2.75, 3.05) is 23.9 Å². The van der Waals surface area contributed by atoms with Crippen molar-refractivity contribution >= 4 is 39.4 Å². The van der Waals surface area contributed by atoms with Crippen LogP contribution in [0, 0.1) is 5.92 Å². The monoisotopic (exact) mass is 524 g/mol. The number of rotatable bonds is 7. The minimum atomic E-state index is -4.30. The van der Waals surface area contributed by atoms with Crippen molar-refractivity contribution in [2.24, 2.45) is 5.92 Å². The number of amides is 1. The highest BCUT2D eigenvalue weighted by molar-refractivity contribution is 7.90. The lowest BCUT2D eigenvalue weighted by atomic mass is 9.90. The van der Waals surface area contributed by atoms with Crippen LogP contribution in [-0.4, -0.2) is 54.4 Å². The van der Waals surface area contributed by atoms with E-state index in [0.29, 0.717) is 24.1 Å². The zero-order chi connectivity index (χ0) is 26.8. The van der Waals surface area contributed by atoms with Gasteiger partial charge in [-0.2, -0.15) is 8.42 Å². The molecular weight excluding hydrogens is 496 g/mol. The molecule has 12 heteroatoms. The van der Waals surface area contributed by atoms with Crippen molar-refractivity contribution in [3.8, 4) is 0 Å². The van der Waals surface area contributed by atoms with Crippen LogP contribution < -0.4 is 14.9 Å². The van der Waals surface area contributed by atoms with E-state index in [9.17, 15) is 18.0 Å². The predicted octanol–water partition coefficient (Wildman–Crippen LogP) is 3.15. The first-order valence-electron chi connectivity index (χ1n) is 11.6. The SMILES string of the molecule is COC(=O)c1ccc(Nc2cccc(S(=O)(=O)NC(=O)c3cccnc3N3CCC(C)C3(C)C)n2)nc1. The second-order valence-electron chi connectivity index (χ2n) is 9.21. The van der Waals surface area contributed by atoms with E-state index in [1.807, 2.05) is 4.90 Å². The Bertz CT molecular complexity index is 1430. The van der Waals surface area contributed by atoms with Crippen LogP contribution in [0.1, 0.15) is 47.9 Å². The van der Waals surface area contributed by atoms with Gasteiger partial charge in [-0.3, -0.25) is 4.79 Å². The Morgan fingerprint density at radius 3 is 2.51 bits per heavy atom. The maximum Gasteiger partial charge on any atom is 0.339 e. The highest BCUT2D eigenvalue weighted by Crippen LogP contribution is 2.38. The molecule has 0 saturated carbocycles. The first-order valence-corrected chi connectivity index (χ1v) is 13.1. The fourth-order valence-corrected chi connectivity index (χ4v) is 5.03. The standard InChI is InChI=1S/C25H28N6O5S/c1-16-12-14-31(25(16,2)3)22-18(7-6-13-26-22)23(32)30-37(34,35)21-9-5-8-20(29-21)28-19-11-10-17(15-27-19)24(33)36-4/h5-11,13,15-16H,12,14H2,1-4H3,(H,30,32)(H,27,28,29). The van der Waals surface area contributed by atoms with Gasteiger partial charge in [0.15, 0.2) is 5.03 Å². The van der Waals surface area contributed by atoms with Gasteiger partial charge in [0, 0.05) is 24.5 Å². The van der Waals surface area contributed by atoms with Gasteiger partial charge in [-0.05, 0) is 62.6 Å². The molecule has 0 spiro atoms. The van der Waals surface area contributed by atoms with E-state index in [1.165, 1.54) is 37.6 Å². The van der Waals surface area contributed by atoms with E-state index in [1.54, 1.807) is 24.4 Å². The molecule has 4 rings (SSSR count). The van der Waals surface area contributed by atoms with Gasteiger partial charge in [-0.1, -0.05) is 13.0 Å². The summed E-state index contributed by atoms with van der Waals surface area (Å²) in [6.07, 6.45) is 3.85. The summed E-state index contributed by atoms with van der Waals surface area (Å²) in [5.41, 5.74) is 0.186. The molecule has 11 nitrogen and oxygen atoms in total. The van der Waals surface area contributed by atoms with E-state index in [2.05, 4.69) is 50.5 Å². The Morgan fingerprint density at radius 2 is 1.86 bits per heavy atom. The van der Waals surface area contributed by atoms with Crippen molar-refractivity contribution in [3.63, 3.8) is 0 Å². The third-order valence-electron chi connectivity index (χ3n) is 6.64. The van der Waals surface area contributed by atoms with E-state index in [-0.39, 0.29) is 27.5 Å². The molecule has 0 aromatic carbocycles. The number of methoxy groups -OCH3 is 1. The van der Waals surface area contributed by atoms with Crippen molar-refractivity contribution in [1.29, 1.82) is 0 Å². The summed E-state index contributed by atoms with van der Waals surface area (Å²) in [4.78, 5) is 39.4. The molecule has 2 N–H and O–H groups in total. The Hall–Kier alpha value is -4.06. The number of nitrogens with one attached hydrogen (secondary N) is 2. The second-order valence-corrected chi connectivity index (χ2v) is 10.8. The molecule has 1 amide bonds. The fourth-order valence-electron chi connectivity index (χ4n) is 4.10. The third-order valence-corrected chi connectivity index (χ3v) is 7.87.